The first-order valence-electron chi connectivity index (χ1n) is 4.44. The van der Waals surface area contributed by atoms with Crippen LogP contribution in [0.5, 0.6) is 0 Å². The second-order valence-electron chi connectivity index (χ2n) is 2.67. The van der Waals surface area contributed by atoms with Gasteiger partial charge in [0.15, 0.2) is 0 Å². The van der Waals surface area contributed by atoms with E-state index in [1.807, 2.05) is 13.8 Å². The summed E-state index contributed by atoms with van der Waals surface area (Å²) in [6.07, 6.45) is 1.70. The SMILES string of the molecule is CCCC(=O)[O][Pt]([Cl])([Cl])[O]C(=O)CCC.N. The molecule has 5 nitrogen and oxygen atoms in total. The van der Waals surface area contributed by atoms with Crippen molar-refractivity contribution in [2.45, 2.75) is 39.5 Å². The fraction of sp³-hybridized carbons (Fsp3) is 0.750. The van der Waals surface area contributed by atoms with Crippen LogP contribution in [0.15, 0.2) is 0 Å². The Morgan fingerprint density at radius 3 is 1.56 bits per heavy atom. The standard InChI is InChI=1S/2C4H8O2.2ClH.H3N.Pt/c2*1-2-3-4(5)6;;;;/h2*2-3H2,1H3,(H,5,6);2*1H;1H3;/q;;;;;+4/p-4. The zero-order valence-electron chi connectivity index (χ0n) is 9.24. The van der Waals surface area contributed by atoms with E-state index in [1.165, 1.54) is 0 Å². The van der Waals surface area contributed by atoms with Crippen LogP contribution in [-0.2, 0) is 31.1 Å². The summed E-state index contributed by atoms with van der Waals surface area (Å²) in [5.41, 5.74) is 0. The molecule has 16 heavy (non-hydrogen) atoms. The average Bonchev–Trinajstić information content (AvgIpc) is 2.01. The minimum Gasteiger partial charge on any atom is -0.344 e. The molecule has 0 aliphatic carbocycles. The molecule has 3 N–H and O–H groups in total. The molecule has 0 fully saturated rings. The molecule has 0 saturated heterocycles. The van der Waals surface area contributed by atoms with Crippen LogP contribution < -0.4 is 6.15 Å². The third-order valence-corrected chi connectivity index (χ3v) is 4.91. The monoisotopic (exact) mass is 456 g/mol. The van der Waals surface area contributed by atoms with Crippen LogP contribution in [0.25, 0.3) is 0 Å². The van der Waals surface area contributed by atoms with Crippen LogP contribution in [0.4, 0.5) is 0 Å². The molecule has 0 aliphatic heterocycles. The number of hydrogen-bond donors (Lipinski definition) is 1. The molecule has 0 heterocycles. The fourth-order valence-corrected chi connectivity index (χ4v) is 4.20. The van der Waals surface area contributed by atoms with Gasteiger partial charge in [0.2, 0.25) is 0 Å². The molecule has 0 aromatic rings. The van der Waals surface area contributed by atoms with Gasteiger partial charge in [-0.15, -0.1) is 0 Å². The van der Waals surface area contributed by atoms with Crippen molar-refractivity contribution in [1.29, 1.82) is 0 Å². The quantitative estimate of drug-likeness (QED) is 0.663. The number of halogens is 2. The van der Waals surface area contributed by atoms with E-state index in [9.17, 15) is 9.59 Å². The minimum absolute atomic E-state index is 0. The normalized spacial score (nSPS) is 11.2. The van der Waals surface area contributed by atoms with Crippen molar-refractivity contribution in [2.24, 2.45) is 0 Å². The molecule has 8 heteroatoms. The van der Waals surface area contributed by atoms with E-state index < -0.39 is 26.7 Å². The molecule has 0 aliphatic rings. The predicted molar refractivity (Wildman–Crippen MR) is 58.7 cm³/mol. The van der Waals surface area contributed by atoms with Gasteiger partial charge in [0.1, 0.15) is 0 Å². The van der Waals surface area contributed by atoms with Crippen LogP contribution in [-0.4, -0.2) is 11.9 Å². The summed E-state index contributed by atoms with van der Waals surface area (Å²) >= 11 is -4.09. The Morgan fingerprint density at radius 1 is 1.00 bits per heavy atom. The maximum atomic E-state index is 11.1. The van der Waals surface area contributed by atoms with E-state index >= 15 is 0 Å². The summed E-state index contributed by atoms with van der Waals surface area (Å²) in [4.78, 5) is 22.1. The van der Waals surface area contributed by atoms with Gasteiger partial charge in [-0.05, 0) is 0 Å². The van der Waals surface area contributed by atoms with E-state index in [0.29, 0.717) is 12.8 Å². The van der Waals surface area contributed by atoms with Crippen LogP contribution in [0, 0.1) is 0 Å². The fourth-order valence-electron chi connectivity index (χ4n) is 0.654. The van der Waals surface area contributed by atoms with Gasteiger partial charge in [-0.25, -0.2) is 0 Å². The van der Waals surface area contributed by atoms with Crippen LogP contribution in [0.2, 0.25) is 0 Å². The van der Waals surface area contributed by atoms with E-state index in [0.717, 1.165) is 0 Å². The van der Waals surface area contributed by atoms with E-state index in [2.05, 4.69) is 0 Å². The van der Waals surface area contributed by atoms with Gasteiger partial charge < -0.3 is 6.15 Å². The van der Waals surface area contributed by atoms with Gasteiger partial charge in [-0.1, -0.05) is 0 Å². The third-order valence-electron chi connectivity index (χ3n) is 1.20. The van der Waals surface area contributed by atoms with Crippen molar-refractivity contribution in [1.82, 2.24) is 6.15 Å². The molecule has 0 unspecified atom stereocenters. The van der Waals surface area contributed by atoms with Gasteiger partial charge in [-0.3, -0.25) is 0 Å². The molecule has 0 spiro atoms. The smallest absolute Gasteiger partial charge is 0.344 e. The number of carbonyl (C=O) groups is 2. The molecule has 0 amide bonds. The zero-order chi connectivity index (χ0) is 11.9. The molecule has 0 aromatic heterocycles. The largest absolute Gasteiger partial charge is 0.344 e. The summed E-state index contributed by atoms with van der Waals surface area (Å²) in [7, 11) is 11.3. The Labute approximate surface area is 107 Å². The molecule has 102 valence electrons. The number of rotatable bonds is 6. The molecular weight excluding hydrogens is 440 g/mol. The number of hydrogen-bond acceptors (Lipinski definition) is 5. The van der Waals surface area contributed by atoms with E-state index in [4.69, 9.17) is 25.6 Å². The zero-order valence-corrected chi connectivity index (χ0v) is 13.0. The Kier molecular flexibility index (Phi) is 10.7. The maximum absolute atomic E-state index is 11.1. The minimum atomic E-state index is -4.09. The van der Waals surface area contributed by atoms with Crippen LogP contribution in [0.1, 0.15) is 39.5 Å². The topological polar surface area (TPSA) is 87.6 Å². The summed E-state index contributed by atoms with van der Waals surface area (Å²) < 4.78 is 9.45. The molecule has 0 atom stereocenters. The molecule has 0 radical (unpaired) electrons. The summed E-state index contributed by atoms with van der Waals surface area (Å²) in [5.74, 6) is -1.05. The number of carbonyl (C=O) groups excluding carboxylic acids is 2. The Hall–Kier alpha value is 0.168. The van der Waals surface area contributed by atoms with Gasteiger partial charge in [0, 0.05) is 0 Å². The van der Waals surface area contributed by atoms with Crippen molar-refractivity contribution in [2.75, 3.05) is 0 Å². The first kappa shape index (κ1) is 18.5. The van der Waals surface area contributed by atoms with Crippen molar-refractivity contribution < 1.29 is 31.1 Å². The summed E-state index contributed by atoms with van der Waals surface area (Å²) in [6.45, 7) is 3.64. The van der Waals surface area contributed by atoms with Crippen molar-refractivity contribution >= 4 is 30.8 Å². The maximum Gasteiger partial charge on any atom is -0.344 e. The molecular formula is C8H17Cl2NO4Pt. The summed E-state index contributed by atoms with van der Waals surface area (Å²) in [5, 5.41) is 0. The van der Waals surface area contributed by atoms with Gasteiger partial charge in [-0.2, -0.15) is 0 Å². The van der Waals surface area contributed by atoms with Crippen molar-refractivity contribution in [3.05, 3.63) is 0 Å². The van der Waals surface area contributed by atoms with Crippen molar-refractivity contribution in [3.8, 4) is 0 Å². The molecule has 0 aromatic carbocycles. The van der Waals surface area contributed by atoms with Gasteiger partial charge in [0.05, 0.1) is 0 Å². The van der Waals surface area contributed by atoms with Crippen LogP contribution >= 0.6 is 18.8 Å². The Bertz CT molecular complexity index is 216. The average molecular weight is 457 g/mol. The first-order valence-corrected chi connectivity index (χ1v) is 11.9. The van der Waals surface area contributed by atoms with E-state index in [-0.39, 0.29) is 19.0 Å². The van der Waals surface area contributed by atoms with Crippen LogP contribution in [0.3, 0.4) is 0 Å². The first-order chi connectivity index (χ1) is 6.91. The third kappa shape index (κ3) is 9.40. The molecule has 0 saturated carbocycles. The van der Waals surface area contributed by atoms with E-state index in [1.54, 1.807) is 0 Å². The Morgan fingerprint density at radius 2 is 1.31 bits per heavy atom. The summed E-state index contributed by atoms with van der Waals surface area (Å²) in [6, 6.07) is 0. The Balaban J connectivity index is 0. The molecule has 0 rings (SSSR count). The van der Waals surface area contributed by atoms with Gasteiger partial charge in [0.25, 0.3) is 0 Å². The van der Waals surface area contributed by atoms with Crippen molar-refractivity contribution in [3.63, 3.8) is 0 Å². The van der Waals surface area contributed by atoms with Gasteiger partial charge >= 0.3 is 101 Å². The second-order valence-corrected chi connectivity index (χ2v) is 11.9. The predicted octanol–water partition coefficient (Wildman–Crippen LogP) is 3.13. The second kappa shape index (κ2) is 9.22. The molecule has 0 bridgehead atoms.